The molecule has 3 N–H and O–H groups in total. The SMILES string of the molecule is C.Cn1ccc(C2=C(c3cn(CCCO)c4ncccc34)C(=O)NC2=O)c1.Cn1ccc(C2=C(c3cn(CCCO[Si](c4ccccc4)(c4ccccc4)C(C)(C)C)c4ncccc34)C(=O)NC2=O)c1. The lowest BCUT2D eigenvalue weighted by Gasteiger charge is -2.43. The zero-order valence-corrected chi connectivity index (χ0v) is 40.3. The van der Waals surface area contributed by atoms with Gasteiger partial charge in [0.2, 0.25) is 0 Å². The number of aryl methyl sites for hydroxylation is 4. The molecule has 6 aromatic heterocycles. The number of nitrogens with one attached hydrogen (secondary N) is 2. The zero-order valence-electron chi connectivity index (χ0n) is 39.3. The Morgan fingerprint density at radius 3 is 1.40 bits per heavy atom. The van der Waals surface area contributed by atoms with Crippen LogP contribution in [0.25, 0.3) is 44.4 Å². The first-order valence-electron chi connectivity index (χ1n) is 23.0. The van der Waals surface area contributed by atoms with Crippen LogP contribution in [0, 0.1) is 0 Å². The van der Waals surface area contributed by atoms with Crippen LogP contribution in [0.2, 0.25) is 5.04 Å². The monoisotopic (exact) mass is 954 g/mol. The van der Waals surface area contributed by atoms with Crippen molar-refractivity contribution in [3.8, 4) is 0 Å². The molecule has 0 atom stereocenters. The van der Waals surface area contributed by atoms with E-state index in [-0.39, 0.29) is 30.9 Å². The van der Waals surface area contributed by atoms with Gasteiger partial charge in [-0.3, -0.25) is 29.8 Å². The van der Waals surface area contributed by atoms with E-state index in [2.05, 4.69) is 107 Å². The number of imide groups is 2. The Morgan fingerprint density at radius 1 is 0.571 bits per heavy atom. The van der Waals surface area contributed by atoms with Crippen LogP contribution in [0.5, 0.6) is 0 Å². The Morgan fingerprint density at radius 2 is 1.00 bits per heavy atom. The number of hydrogen-bond acceptors (Lipinski definition) is 8. The van der Waals surface area contributed by atoms with Crippen LogP contribution in [-0.4, -0.2) is 78.5 Å². The standard InChI is InChI=1S/C35H36N4O3Si.C19H18N4O3.CH4/c1-35(2,3)43(26-13-7-5-8-14-26,27-15-9-6-10-16-27)42-22-12-20-39-24-29(28-17-11-19-36-32(28)39)31-30(33(40)37-34(31)41)25-18-21-38(4)23-25;1-22-8-5-12(10-22)15-16(19(26)21-18(15)25)14-11-23(7-3-9-24)17-13(14)4-2-6-20-17;/h5-11,13-19,21,23-24H,12,20,22H2,1-4H3,(H,37,40,41);2,4-6,8,10-11,24H,3,7,9H2,1H3,(H,21,25,26);1H4. The lowest BCUT2D eigenvalue weighted by atomic mass is 9.98. The van der Waals surface area contributed by atoms with Gasteiger partial charge in [-0.15, -0.1) is 0 Å². The van der Waals surface area contributed by atoms with Crippen molar-refractivity contribution in [1.29, 1.82) is 0 Å². The minimum atomic E-state index is -2.64. The Hall–Kier alpha value is -7.72. The van der Waals surface area contributed by atoms with Gasteiger partial charge >= 0.3 is 0 Å². The van der Waals surface area contributed by atoms with Crippen molar-refractivity contribution in [2.75, 3.05) is 13.2 Å². The molecule has 0 spiro atoms. The second kappa shape index (κ2) is 20.1. The van der Waals surface area contributed by atoms with E-state index in [0.29, 0.717) is 70.7 Å². The molecule has 70 heavy (non-hydrogen) atoms. The van der Waals surface area contributed by atoms with Crippen LogP contribution in [0.3, 0.4) is 0 Å². The van der Waals surface area contributed by atoms with Gasteiger partial charge in [0.25, 0.3) is 31.9 Å². The molecular weight excluding hydrogens is 897 g/mol. The summed E-state index contributed by atoms with van der Waals surface area (Å²) in [6.45, 7) is 8.69. The van der Waals surface area contributed by atoms with Crippen LogP contribution in [-0.2, 0) is 50.8 Å². The van der Waals surface area contributed by atoms with Crippen molar-refractivity contribution < 1.29 is 28.7 Å². The first-order valence-corrected chi connectivity index (χ1v) is 24.9. The highest BCUT2D eigenvalue weighted by Crippen LogP contribution is 2.39. The Labute approximate surface area is 408 Å². The molecule has 8 heterocycles. The summed E-state index contributed by atoms with van der Waals surface area (Å²) in [5, 5.41) is 18.1. The summed E-state index contributed by atoms with van der Waals surface area (Å²) < 4.78 is 14.8. The molecule has 0 saturated carbocycles. The Bertz CT molecular complexity index is 3280. The van der Waals surface area contributed by atoms with Crippen molar-refractivity contribution >= 4 is 86.7 Å². The number of amides is 4. The van der Waals surface area contributed by atoms with Crippen LogP contribution in [0.15, 0.2) is 147 Å². The maximum atomic E-state index is 13.1. The van der Waals surface area contributed by atoms with Gasteiger partial charge in [-0.2, -0.15) is 0 Å². The summed E-state index contributed by atoms with van der Waals surface area (Å²) in [5.74, 6) is -1.56. The first kappa shape index (κ1) is 48.7. The lowest BCUT2D eigenvalue weighted by molar-refractivity contribution is -0.124. The topological polar surface area (TPSA) is 167 Å². The quantitative estimate of drug-likeness (QED) is 0.0604. The molecule has 0 unspecified atom stereocenters. The smallest absolute Gasteiger partial charge is 0.261 e. The Kier molecular flexibility index (Phi) is 14.0. The van der Waals surface area contributed by atoms with Crippen molar-refractivity contribution in [3.05, 3.63) is 169 Å². The number of carbonyl (C=O) groups excluding carboxylic acids is 4. The van der Waals surface area contributed by atoms with Gasteiger partial charge in [0.15, 0.2) is 0 Å². The molecule has 15 heteroatoms. The van der Waals surface area contributed by atoms with Crippen molar-refractivity contribution in [2.24, 2.45) is 14.1 Å². The normalized spacial score (nSPS) is 14.1. The van der Waals surface area contributed by atoms with E-state index in [1.807, 2.05) is 95.3 Å². The fourth-order valence-electron chi connectivity index (χ4n) is 9.72. The fourth-order valence-corrected chi connectivity index (χ4v) is 14.3. The molecule has 4 amide bonds. The highest BCUT2D eigenvalue weighted by molar-refractivity contribution is 6.99. The number of aliphatic hydroxyl groups excluding tert-OH is 1. The number of benzene rings is 2. The number of aromatic nitrogens is 6. The van der Waals surface area contributed by atoms with Crippen molar-refractivity contribution in [3.63, 3.8) is 0 Å². The van der Waals surface area contributed by atoms with E-state index in [9.17, 15) is 19.2 Å². The van der Waals surface area contributed by atoms with Crippen LogP contribution < -0.4 is 21.0 Å². The molecule has 10 rings (SSSR count). The van der Waals surface area contributed by atoms with Gasteiger partial charge in [-0.1, -0.05) is 88.9 Å². The van der Waals surface area contributed by atoms with E-state index in [1.165, 1.54) is 10.4 Å². The number of nitrogens with zero attached hydrogens (tertiary/aromatic N) is 6. The maximum Gasteiger partial charge on any atom is 0.261 e. The number of fused-ring (bicyclic) bond motifs is 2. The number of rotatable bonds is 14. The van der Waals surface area contributed by atoms with Crippen LogP contribution in [0.4, 0.5) is 0 Å². The summed E-state index contributed by atoms with van der Waals surface area (Å²) in [7, 11) is 1.11. The van der Waals surface area contributed by atoms with E-state index in [0.717, 1.165) is 28.5 Å². The molecule has 0 aliphatic carbocycles. The largest absolute Gasteiger partial charge is 0.407 e. The van der Waals surface area contributed by atoms with E-state index >= 15 is 0 Å². The first-order chi connectivity index (χ1) is 33.3. The molecule has 0 saturated heterocycles. The summed E-state index contributed by atoms with van der Waals surface area (Å²) >= 11 is 0. The second-order valence-electron chi connectivity index (χ2n) is 18.4. The van der Waals surface area contributed by atoms with Gasteiger partial charge < -0.3 is 27.8 Å². The van der Waals surface area contributed by atoms with Crippen molar-refractivity contribution in [2.45, 2.75) is 59.2 Å². The fraction of sp³-hybridized carbons (Fsp3) is 0.236. The van der Waals surface area contributed by atoms with Crippen LogP contribution >= 0.6 is 0 Å². The van der Waals surface area contributed by atoms with E-state index in [4.69, 9.17) is 9.53 Å². The van der Waals surface area contributed by atoms with Gasteiger partial charge in [-0.25, -0.2) is 9.97 Å². The molecule has 2 aromatic carbocycles. The maximum absolute atomic E-state index is 13.1. The molecule has 2 aliphatic heterocycles. The van der Waals surface area contributed by atoms with Gasteiger partial charge in [0, 0.05) is 123 Å². The summed E-state index contributed by atoms with van der Waals surface area (Å²) in [6.07, 6.45) is 15.9. The van der Waals surface area contributed by atoms with Gasteiger partial charge in [0.05, 0.1) is 22.3 Å². The van der Waals surface area contributed by atoms with Crippen LogP contribution in [0.1, 0.15) is 63.3 Å². The number of aliphatic hydroxyl groups is 1. The zero-order chi connectivity index (χ0) is 48.5. The lowest BCUT2D eigenvalue weighted by Crippen LogP contribution is -2.66. The predicted octanol–water partition coefficient (Wildman–Crippen LogP) is 6.87. The second-order valence-corrected chi connectivity index (χ2v) is 22.7. The molecule has 2 aliphatic rings. The molecule has 358 valence electrons. The minimum absolute atomic E-state index is 0. The highest BCUT2D eigenvalue weighted by atomic mass is 28.4. The van der Waals surface area contributed by atoms with Gasteiger partial charge in [0.1, 0.15) is 11.3 Å². The van der Waals surface area contributed by atoms with Crippen molar-refractivity contribution in [1.82, 2.24) is 38.9 Å². The highest BCUT2D eigenvalue weighted by Gasteiger charge is 2.50. The number of hydrogen-bond donors (Lipinski definition) is 3. The summed E-state index contributed by atoms with van der Waals surface area (Å²) in [6, 6.07) is 32.5. The average molecular weight is 955 g/mol. The third-order valence-electron chi connectivity index (χ3n) is 12.7. The van der Waals surface area contributed by atoms with Gasteiger partial charge in [-0.05, 0) is 64.7 Å². The number of pyridine rings is 2. The molecule has 8 aromatic rings. The van der Waals surface area contributed by atoms with E-state index < -0.39 is 20.1 Å². The summed E-state index contributed by atoms with van der Waals surface area (Å²) in [5.41, 5.74) is 5.81. The van der Waals surface area contributed by atoms with E-state index in [1.54, 1.807) is 18.5 Å². The third-order valence-corrected chi connectivity index (χ3v) is 17.8. The molecule has 0 radical (unpaired) electrons. The molecule has 0 bridgehead atoms. The molecular formula is C55H58N8O6Si. The Balaban J connectivity index is 0.000000208. The molecule has 14 nitrogen and oxygen atoms in total. The summed E-state index contributed by atoms with van der Waals surface area (Å²) in [4.78, 5) is 60.1. The predicted molar refractivity (Wildman–Crippen MR) is 277 cm³/mol. The number of carbonyl (C=O) groups is 4. The molecule has 0 fully saturated rings. The average Bonchev–Trinajstić information content (AvgIpc) is 4.21. The third kappa shape index (κ3) is 9.02. The minimum Gasteiger partial charge on any atom is -0.407 e.